The van der Waals surface area contributed by atoms with Gasteiger partial charge < -0.3 is 15.7 Å². The summed E-state index contributed by atoms with van der Waals surface area (Å²) in [5.41, 5.74) is 5.68. The molecule has 0 radical (unpaired) electrons. The highest BCUT2D eigenvalue weighted by molar-refractivity contribution is 5.32. The van der Waals surface area contributed by atoms with Crippen molar-refractivity contribution in [2.75, 3.05) is 37.9 Å². The van der Waals surface area contributed by atoms with Crippen LogP contribution in [0.4, 0.5) is 11.9 Å². The van der Waals surface area contributed by atoms with Gasteiger partial charge in [-0.3, -0.25) is 4.90 Å². The minimum atomic E-state index is 0.182. The maximum absolute atomic E-state index is 9.28. The van der Waals surface area contributed by atoms with Crippen LogP contribution in [0, 0.1) is 0 Å². The van der Waals surface area contributed by atoms with Crippen molar-refractivity contribution in [2.45, 2.75) is 25.4 Å². The summed E-state index contributed by atoms with van der Waals surface area (Å²) in [5.74, 6) is 1.47. The fourth-order valence-corrected chi connectivity index (χ4v) is 2.19. The van der Waals surface area contributed by atoms with E-state index in [9.17, 15) is 5.11 Å². The molecule has 0 unspecified atom stereocenters. The molecule has 1 fully saturated rings. The molecule has 0 saturated carbocycles. The van der Waals surface area contributed by atoms with Gasteiger partial charge in [0.2, 0.25) is 11.9 Å². The molecule has 1 aromatic rings. The first kappa shape index (κ1) is 13.0. The van der Waals surface area contributed by atoms with Crippen LogP contribution in [0.25, 0.3) is 0 Å². The van der Waals surface area contributed by atoms with Crippen LogP contribution in [0.15, 0.2) is 0 Å². The molecule has 2 rings (SSSR count). The summed E-state index contributed by atoms with van der Waals surface area (Å²) in [7, 11) is 3.73. The Morgan fingerprint density at radius 3 is 2.83 bits per heavy atom. The van der Waals surface area contributed by atoms with Gasteiger partial charge in [0.1, 0.15) is 5.82 Å². The van der Waals surface area contributed by atoms with Gasteiger partial charge in [-0.15, -0.1) is 0 Å². The number of aromatic nitrogens is 3. The smallest absolute Gasteiger partial charge is 0.229 e. The Labute approximate surface area is 107 Å². The molecule has 0 aliphatic carbocycles. The number of anilines is 2. The summed E-state index contributed by atoms with van der Waals surface area (Å²) < 4.78 is 0. The molecule has 0 spiro atoms. The number of aliphatic hydroxyl groups excluding tert-OH is 1. The summed E-state index contributed by atoms with van der Waals surface area (Å²) in [6.07, 6.45) is 2.13. The zero-order chi connectivity index (χ0) is 13.1. The Balaban J connectivity index is 2.13. The number of rotatable bonds is 4. The molecule has 7 nitrogen and oxygen atoms in total. The lowest BCUT2D eigenvalue weighted by Crippen LogP contribution is -2.32. The number of nitrogen functional groups attached to an aromatic ring is 1. The molecular weight excluding hydrogens is 232 g/mol. The third kappa shape index (κ3) is 2.85. The van der Waals surface area contributed by atoms with Gasteiger partial charge >= 0.3 is 0 Å². The van der Waals surface area contributed by atoms with Crippen LogP contribution < -0.4 is 10.6 Å². The van der Waals surface area contributed by atoms with E-state index in [1.807, 2.05) is 14.1 Å². The molecule has 3 N–H and O–H groups in total. The topological polar surface area (TPSA) is 91.4 Å². The van der Waals surface area contributed by atoms with Gasteiger partial charge in [-0.05, 0) is 19.4 Å². The first-order chi connectivity index (χ1) is 8.60. The molecule has 100 valence electrons. The standard InChI is InChI=1S/C11H20N6O/c1-16(2)11-14-9(13-10(12)15-11)6-17-5-3-4-8(17)7-18/h8,18H,3-7H2,1-2H3,(H2,12,13,14,15)/t8-/m1/s1. The third-order valence-corrected chi connectivity index (χ3v) is 3.14. The lowest BCUT2D eigenvalue weighted by Gasteiger charge is -2.22. The summed E-state index contributed by atoms with van der Waals surface area (Å²) in [6.45, 7) is 1.76. The zero-order valence-electron chi connectivity index (χ0n) is 10.9. The molecule has 18 heavy (non-hydrogen) atoms. The lowest BCUT2D eigenvalue weighted by molar-refractivity contribution is 0.151. The molecule has 0 bridgehead atoms. The highest BCUT2D eigenvalue weighted by Gasteiger charge is 2.24. The molecule has 7 heteroatoms. The molecule has 0 aromatic carbocycles. The van der Waals surface area contributed by atoms with Crippen molar-refractivity contribution >= 4 is 11.9 Å². The molecule has 1 atom stereocenters. The van der Waals surface area contributed by atoms with Crippen LogP contribution in [-0.2, 0) is 6.54 Å². The predicted molar refractivity (Wildman–Crippen MR) is 69.1 cm³/mol. The van der Waals surface area contributed by atoms with E-state index < -0.39 is 0 Å². The van der Waals surface area contributed by atoms with E-state index in [-0.39, 0.29) is 18.6 Å². The Hall–Kier alpha value is -1.47. The highest BCUT2D eigenvalue weighted by atomic mass is 16.3. The first-order valence-electron chi connectivity index (χ1n) is 6.13. The molecular formula is C11H20N6O. The second-order valence-electron chi connectivity index (χ2n) is 4.75. The van der Waals surface area contributed by atoms with Gasteiger partial charge in [-0.2, -0.15) is 15.0 Å². The average Bonchev–Trinajstić information content (AvgIpc) is 2.75. The molecule has 1 aliphatic heterocycles. The van der Waals surface area contributed by atoms with Gasteiger partial charge in [0.05, 0.1) is 13.2 Å². The lowest BCUT2D eigenvalue weighted by atomic mass is 10.2. The van der Waals surface area contributed by atoms with Crippen LogP contribution in [0.5, 0.6) is 0 Å². The van der Waals surface area contributed by atoms with Gasteiger partial charge in [0.15, 0.2) is 0 Å². The van der Waals surface area contributed by atoms with Crippen LogP contribution in [0.3, 0.4) is 0 Å². The Morgan fingerprint density at radius 2 is 2.17 bits per heavy atom. The normalized spacial score (nSPS) is 20.3. The second-order valence-corrected chi connectivity index (χ2v) is 4.75. The summed E-state index contributed by atoms with van der Waals surface area (Å²) in [6, 6.07) is 0.214. The quantitative estimate of drug-likeness (QED) is 0.744. The largest absolute Gasteiger partial charge is 0.395 e. The summed E-state index contributed by atoms with van der Waals surface area (Å²) in [4.78, 5) is 16.6. The average molecular weight is 252 g/mol. The van der Waals surface area contributed by atoms with Crippen LogP contribution in [0.1, 0.15) is 18.7 Å². The van der Waals surface area contributed by atoms with Gasteiger partial charge in [-0.25, -0.2) is 0 Å². The van der Waals surface area contributed by atoms with E-state index in [0.29, 0.717) is 18.3 Å². The van der Waals surface area contributed by atoms with Crippen molar-refractivity contribution in [3.8, 4) is 0 Å². The van der Waals surface area contributed by atoms with Crippen molar-refractivity contribution in [3.63, 3.8) is 0 Å². The number of hydrogen-bond donors (Lipinski definition) is 2. The predicted octanol–water partition coefficient (Wildman–Crippen LogP) is -0.523. The fourth-order valence-electron chi connectivity index (χ4n) is 2.19. The molecule has 0 amide bonds. The fraction of sp³-hybridized carbons (Fsp3) is 0.727. The van der Waals surface area contributed by atoms with Crippen LogP contribution >= 0.6 is 0 Å². The Kier molecular flexibility index (Phi) is 3.93. The van der Waals surface area contributed by atoms with Crippen molar-refractivity contribution in [3.05, 3.63) is 5.82 Å². The Morgan fingerprint density at radius 1 is 1.39 bits per heavy atom. The van der Waals surface area contributed by atoms with Gasteiger partial charge in [0.25, 0.3) is 0 Å². The van der Waals surface area contributed by atoms with Crippen molar-refractivity contribution in [1.82, 2.24) is 19.9 Å². The maximum atomic E-state index is 9.28. The number of hydrogen-bond acceptors (Lipinski definition) is 7. The van der Waals surface area contributed by atoms with Gasteiger partial charge in [-0.1, -0.05) is 0 Å². The number of aliphatic hydroxyl groups is 1. The first-order valence-corrected chi connectivity index (χ1v) is 6.13. The van der Waals surface area contributed by atoms with E-state index in [4.69, 9.17) is 5.73 Å². The van der Waals surface area contributed by atoms with Gasteiger partial charge in [0, 0.05) is 20.1 Å². The zero-order valence-corrected chi connectivity index (χ0v) is 10.9. The molecule has 1 aromatic heterocycles. The minimum Gasteiger partial charge on any atom is -0.395 e. The van der Waals surface area contributed by atoms with Crippen molar-refractivity contribution in [2.24, 2.45) is 0 Å². The van der Waals surface area contributed by atoms with E-state index in [1.54, 1.807) is 4.90 Å². The van der Waals surface area contributed by atoms with E-state index >= 15 is 0 Å². The van der Waals surface area contributed by atoms with E-state index in [0.717, 1.165) is 19.4 Å². The van der Waals surface area contributed by atoms with Crippen molar-refractivity contribution < 1.29 is 5.11 Å². The van der Waals surface area contributed by atoms with E-state index in [1.165, 1.54) is 0 Å². The number of nitrogens with two attached hydrogens (primary N) is 1. The van der Waals surface area contributed by atoms with Crippen LogP contribution in [0.2, 0.25) is 0 Å². The number of likely N-dealkylation sites (tertiary alicyclic amines) is 1. The summed E-state index contributed by atoms with van der Waals surface area (Å²) >= 11 is 0. The monoisotopic (exact) mass is 252 g/mol. The highest BCUT2D eigenvalue weighted by Crippen LogP contribution is 2.19. The third-order valence-electron chi connectivity index (χ3n) is 3.14. The van der Waals surface area contributed by atoms with Crippen molar-refractivity contribution in [1.29, 1.82) is 0 Å². The van der Waals surface area contributed by atoms with E-state index in [2.05, 4.69) is 19.9 Å². The SMILES string of the molecule is CN(C)c1nc(N)nc(CN2CCC[C@@H]2CO)n1. The summed E-state index contributed by atoms with van der Waals surface area (Å²) in [5, 5.41) is 9.28. The molecule has 1 saturated heterocycles. The second kappa shape index (κ2) is 5.45. The Bertz CT molecular complexity index is 411. The molecule has 2 heterocycles. The maximum Gasteiger partial charge on any atom is 0.229 e. The number of nitrogens with zero attached hydrogens (tertiary/aromatic N) is 5. The minimum absolute atomic E-state index is 0.182. The van der Waals surface area contributed by atoms with Crippen LogP contribution in [-0.4, -0.2) is 58.2 Å². The molecule has 1 aliphatic rings.